The fourth-order valence-corrected chi connectivity index (χ4v) is 2.63. The molecule has 0 bridgehead atoms. The van der Waals surface area contributed by atoms with E-state index in [1.807, 2.05) is 0 Å². The van der Waals surface area contributed by atoms with Crippen molar-refractivity contribution < 1.29 is 9.18 Å². The Labute approximate surface area is 149 Å². The number of hydrogen-bond donors (Lipinski definition) is 2. The van der Waals surface area contributed by atoms with Gasteiger partial charge < -0.3 is 15.2 Å². The van der Waals surface area contributed by atoms with Gasteiger partial charge >= 0.3 is 6.03 Å². The lowest BCUT2D eigenvalue weighted by atomic mass is 10.2. The van der Waals surface area contributed by atoms with Gasteiger partial charge in [-0.2, -0.15) is 0 Å². The average molecular weight is 354 g/mol. The normalized spacial score (nSPS) is 10.7. The van der Waals surface area contributed by atoms with Gasteiger partial charge in [0.1, 0.15) is 11.6 Å². The van der Waals surface area contributed by atoms with Crippen molar-refractivity contribution in [3.8, 4) is 0 Å². The zero-order chi connectivity index (χ0) is 18.7. The maximum Gasteiger partial charge on any atom is 0.322 e. The minimum absolute atomic E-state index is 0.107. The topological polar surface area (TPSA) is 78.1 Å². The molecule has 7 heteroatoms. The minimum atomic E-state index is -0.494. The molecule has 0 saturated heterocycles. The van der Waals surface area contributed by atoms with Crippen LogP contribution in [0.25, 0.3) is 10.9 Å². The monoisotopic (exact) mass is 354 g/mol. The van der Waals surface area contributed by atoms with Crippen LogP contribution in [-0.2, 0) is 6.54 Å². The number of amides is 2. The number of benzene rings is 2. The highest BCUT2D eigenvalue weighted by atomic mass is 19.1. The zero-order valence-corrected chi connectivity index (χ0v) is 14.5. The molecule has 6 nitrogen and oxygen atoms in total. The predicted molar refractivity (Wildman–Crippen MR) is 98.6 cm³/mol. The lowest BCUT2D eigenvalue weighted by Gasteiger charge is -2.21. The minimum Gasteiger partial charge on any atom is -0.317 e. The van der Waals surface area contributed by atoms with Crippen LogP contribution >= 0.6 is 0 Å². The highest BCUT2D eigenvalue weighted by Crippen LogP contribution is 2.16. The average Bonchev–Trinajstić information content (AvgIpc) is 2.62. The summed E-state index contributed by atoms with van der Waals surface area (Å²) in [4.78, 5) is 33.1. The number of nitrogens with one attached hydrogen (secondary N) is 2. The lowest BCUT2D eigenvalue weighted by molar-refractivity contribution is 0.210. The second kappa shape index (κ2) is 7.35. The van der Waals surface area contributed by atoms with Crippen molar-refractivity contribution in [2.24, 2.45) is 0 Å². The molecule has 134 valence electrons. The molecular formula is C19H19FN4O2. The van der Waals surface area contributed by atoms with E-state index in [-0.39, 0.29) is 17.8 Å². The molecule has 3 rings (SSSR count). The number of aryl methyl sites for hydroxylation is 1. The maximum absolute atomic E-state index is 13.9. The maximum atomic E-state index is 13.9. The molecule has 0 aliphatic carbocycles. The number of aromatic amines is 1. The molecule has 0 atom stereocenters. The Morgan fingerprint density at radius 3 is 2.77 bits per heavy atom. The predicted octanol–water partition coefficient (Wildman–Crippen LogP) is 3.42. The number of H-pyrrole nitrogens is 1. The second-order valence-electron chi connectivity index (χ2n) is 5.96. The molecule has 0 fully saturated rings. The van der Waals surface area contributed by atoms with E-state index in [2.05, 4.69) is 15.3 Å². The van der Waals surface area contributed by atoms with Crippen LogP contribution in [0.4, 0.5) is 14.9 Å². The summed E-state index contributed by atoms with van der Waals surface area (Å²) in [6, 6.07) is 11.1. The number of urea groups is 1. The number of carbonyl (C=O) groups excluding carboxylic acids is 1. The van der Waals surface area contributed by atoms with Gasteiger partial charge in [-0.15, -0.1) is 0 Å². The number of para-hydroxylation sites is 1. The second-order valence-corrected chi connectivity index (χ2v) is 5.96. The van der Waals surface area contributed by atoms with Crippen molar-refractivity contribution in [2.75, 3.05) is 11.9 Å². The van der Waals surface area contributed by atoms with Crippen LogP contribution in [0.5, 0.6) is 0 Å². The van der Waals surface area contributed by atoms with Gasteiger partial charge in [-0.1, -0.05) is 18.2 Å². The molecular weight excluding hydrogens is 335 g/mol. The summed E-state index contributed by atoms with van der Waals surface area (Å²) < 4.78 is 13.9. The third kappa shape index (κ3) is 3.72. The number of hydrogen-bond acceptors (Lipinski definition) is 3. The van der Waals surface area contributed by atoms with Crippen LogP contribution in [-0.4, -0.2) is 27.4 Å². The van der Waals surface area contributed by atoms with E-state index in [9.17, 15) is 14.0 Å². The third-order valence-corrected chi connectivity index (χ3v) is 4.04. The Kier molecular flexibility index (Phi) is 4.97. The Balaban J connectivity index is 1.80. The van der Waals surface area contributed by atoms with Crippen LogP contribution in [0, 0.1) is 12.7 Å². The fraction of sp³-hybridized carbons (Fsp3) is 0.211. The number of nitrogens with zero attached hydrogens (tertiary/aromatic N) is 2. The summed E-state index contributed by atoms with van der Waals surface area (Å²) in [5, 5.41) is 3.04. The summed E-state index contributed by atoms with van der Waals surface area (Å²) in [5.41, 5.74) is 1.18. The van der Waals surface area contributed by atoms with Crippen molar-refractivity contribution in [3.63, 3.8) is 0 Å². The summed E-state index contributed by atoms with van der Waals surface area (Å²) in [5.74, 6) is -0.123. The lowest BCUT2D eigenvalue weighted by Crippen LogP contribution is -2.35. The summed E-state index contributed by atoms with van der Waals surface area (Å²) in [6.45, 7) is 4.05. The van der Waals surface area contributed by atoms with Crippen molar-refractivity contribution in [3.05, 3.63) is 70.0 Å². The number of halogens is 1. The van der Waals surface area contributed by atoms with Gasteiger partial charge in [0.05, 0.1) is 23.1 Å². The van der Waals surface area contributed by atoms with Crippen LogP contribution in [0.1, 0.15) is 18.3 Å². The first-order valence-electron chi connectivity index (χ1n) is 8.28. The Bertz CT molecular complexity index is 1020. The number of aromatic nitrogens is 2. The molecule has 26 heavy (non-hydrogen) atoms. The fourth-order valence-electron chi connectivity index (χ4n) is 2.63. The van der Waals surface area contributed by atoms with Crippen LogP contribution < -0.4 is 10.9 Å². The van der Waals surface area contributed by atoms with E-state index in [4.69, 9.17) is 0 Å². The highest BCUT2D eigenvalue weighted by molar-refractivity contribution is 5.89. The van der Waals surface area contributed by atoms with Crippen LogP contribution in [0.3, 0.4) is 0 Å². The van der Waals surface area contributed by atoms with Gasteiger partial charge in [0.15, 0.2) is 0 Å². The molecule has 0 aliphatic heterocycles. The van der Waals surface area contributed by atoms with Gasteiger partial charge in [0.25, 0.3) is 5.56 Å². The van der Waals surface area contributed by atoms with E-state index in [0.717, 1.165) is 5.56 Å². The van der Waals surface area contributed by atoms with Gasteiger partial charge in [-0.05, 0) is 43.7 Å². The Hall–Kier alpha value is -3.22. The van der Waals surface area contributed by atoms with Crippen LogP contribution in [0.15, 0.2) is 47.3 Å². The summed E-state index contributed by atoms with van der Waals surface area (Å²) in [6.07, 6.45) is 0. The van der Waals surface area contributed by atoms with Gasteiger partial charge in [-0.25, -0.2) is 14.2 Å². The highest BCUT2D eigenvalue weighted by Gasteiger charge is 2.16. The molecule has 1 aromatic heterocycles. The third-order valence-electron chi connectivity index (χ3n) is 4.04. The number of carbonyl (C=O) groups is 1. The van der Waals surface area contributed by atoms with E-state index >= 15 is 0 Å². The smallest absolute Gasteiger partial charge is 0.317 e. The van der Waals surface area contributed by atoms with E-state index < -0.39 is 11.8 Å². The molecule has 3 aromatic rings. The molecule has 0 spiro atoms. The first-order chi connectivity index (χ1) is 12.5. The van der Waals surface area contributed by atoms with Crippen molar-refractivity contribution in [1.29, 1.82) is 0 Å². The van der Waals surface area contributed by atoms with Crippen molar-refractivity contribution in [1.82, 2.24) is 14.9 Å². The summed E-state index contributed by atoms with van der Waals surface area (Å²) >= 11 is 0. The first-order valence-corrected chi connectivity index (χ1v) is 8.28. The SMILES string of the molecule is CCN(Cc1nc2ccccc2c(=O)[nH]1)C(=O)Nc1ccc(C)cc1F. The van der Waals surface area contributed by atoms with E-state index in [0.29, 0.717) is 23.3 Å². The molecule has 0 saturated carbocycles. The van der Waals surface area contributed by atoms with Crippen molar-refractivity contribution in [2.45, 2.75) is 20.4 Å². The molecule has 2 amide bonds. The molecule has 0 radical (unpaired) electrons. The van der Waals surface area contributed by atoms with E-state index in [1.165, 1.54) is 17.0 Å². The largest absolute Gasteiger partial charge is 0.322 e. The first kappa shape index (κ1) is 17.6. The van der Waals surface area contributed by atoms with E-state index in [1.54, 1.807) is 44.2 Å². The molecule has 0 aliphatic rings. The number of rotatable bonds is 4. The van der Waals surface area contributed by atoms with Gasteiger partial charge in [0, 0.05) is 6.54 Å². The van der Waals surface area contributed by atoms with Gasteiger partial charge in [0.2, 0.25) is 0 Å². The van der Waals surface area contributed by atoms with Gasteiger partial charge in [-0.3, -0.25) is 4.79 Å². The standard InChI is InChI=1S/C19H19FN4O2/c1-3-24(19(26)22-16-9-8-12(2)10-14(16)20)11-17-21-15-7-5-4-6-13(15)18(25)23-17/h4-10H,3,11H2,1-2H3,(H,22,26)(H,21,23,25). The molecule has 1 heterocycles. The number of fused-ring (bicyclic) bond motifs is 1. The Morgan fingerprint density at radius 2 is 2.04 bits per heavy atom. The molecule has 0 unspecified atom stereocenters. The zero-order valence-electron chi connectivity index (χ0n) is 14.5. The summed E-state index contributed by atoms with van der Waals surface area (Å²) in [7, 11) is 0. The molecule has 2 N–H and O–H groups in total. The van der Waals surface area contributed by atoms with Crippen LogP contribution in [0.2, 0.25) is 0 Å². The quantitative estimate of drug-likeness (QED) is 0.753. The molecule has 2 aromatic carbocycles. The number of anilines is 1. The van der Waals surface area contributed by atoms with Crippen molar-refractivity contribution >= 4 is 22.6 Å². The Morgan fingerprint density at radius 1 is 1.27 bits per heavy atom.